The first-order chi connectivity index (χ1) is 17.5. The Morgan fingerprint density at radius 2 is 1.86 bits per heavy atom. The Morgan fingerprint density at radius 3 is 2.58 bits per heavy atom. The van der Waals surface area contributed by atoms with Gasteiger partial charge in [0.15, 0.2) is 16.0 Å². The predicted molar refractivity (Wildman–Crippen MR) is 145 cm³/mol. The molecule has 36 heavy (non-hydrogen) atoms. The number of anilines is 1. The maximum atomic E-state index is 12.7. The SMILES string of the molecule is Cc1ccc(-n2c(SCC(=O)Nc3ncc(Cc4c(Cl)cccc4Cl)s3)nnc2-c2ccco2)cc1. The fourth-order valence-electron chi connectivity index (χ4n) is 3.46. The summed E-state index contributed by atoms with van der Waals surface area (Å²) in [5, 5.41) is 13.8. The largest absolute Gasteiger partial charge is 0.461 e. The zero-order valence-electron chi connectivity index (χ0n) is 18.9. The maximum absolute atomic E-state index is 12.7. The number of aryl methyl sites for hydroxylation is 1. The second-order valence-corrected chi connectivity index (χ2v) is 10.7. The number of carbonyl (C=O) groups is 1. The van der Waals surface area contributed by atoms with E-state index in [1.54, 1.807) is 36.7 Å². The minimum absolute atomic E-state index is 0.132. The van der Waals surface area contributed by atoms with Crippen LogP contribution in [-0.4, -0.2) is 31.4 Å². The van der Waals surface area contributed by atoms with Crippen molar-refractivity contribution in [2.45, 2.75) is 18.5 Å². The van der Waals surface area contributed by atoms with Crippen LogP contribution < -0.4 is 5.32 Å². The number of rotatable bonds is 8. The fourth-order valence-corrected chi connectivity index (χ4v) is 5.59. The zero-order chi connectivity index (χ0) is 25.1. The molecule has 0 saturated carbocycles. The second kappa shape index (κ2) is 10.9. The number of furan rings is 1. The van der Waals surface area contributed by atoms with Crippen molar-refractivity contribution in [1.29, 1.82) is 0 Å². The van der Waals surface area contributed by atoms with Gasteiger partial charge in [-0.2, -0.15) is 0 Å². The summed E-state index contributed by atoms with van der Waals surface area (Å²) in [5.74, 6) is 1.09. The summed E-state index contributed by atoms with van der Waals surface area (Å²) >= 11 is 15.2. The van der Waals surface area contributed by atoms with Gasteiger partial charge in [-0.05, 0) is 48.9 Å². The number of nitrogens with zero attached hydrogens (tertiary/aromatic N) is 4. The van der Waals surface area contributed by atoms with Crippen molar-refractivity contribution in [1.82, 2.24) is 19.7 Å². The Bertz CT molecular complexity index is 1480. The van der Waals surface area contributed by atoms with Gasteiger partial charge in [-0.15, -0.1) is 21.5 Å². The Balaban J connectivity index is 1.28. The Kier molecular flexibility index (Phi) is 7.43. The third-order valence-electron chi connectivity index (χ3n) is 5.21. The van der Waals surface area contributed by atoms with Crippen molar-refractivity contribution < 1.29 is 9.21 Å². The molecule has 5 aromatic rings. The van der Waals surface area contributed by atoms with E-state index in [1.165, 1.54) is 23.1 Å². The number of aromatic nitrogens is 4. The summed E-state index contributed by atoms with van der Waals surface area (Å²) in [6.45, 7) is 2.02. The van der Waals surface area contributed by atoms with Gasteiger partial charge in [-0.25, -0.2) is 4.98 Å². The molecule has 2 aromatic carbocycles. The number of carbonyl (C=O) groups excluding carboxylic acids is 1. The third-order valence-corrected chi connectivity index (χ3v) is 7.76. The van der Waals surface area contributed by atoms with E-state index in [2.05, 4.69) is 20.5 Å². The van der Waals surface area contributed by atoms with Crippen molar-refractivity contribution in [2.75, 3.05) is 11.1 Å². The molecule has 0 saturated heterocycles. The van der Waals surface area contributed by atoms with Gasteiger partial charge < -0.3 is 9.73 Å². The van der Waals surface area contributed by atoms with Crippen LogP contribution in [0.1, 0.15) is 16.0 Å². The summed E-state index contributed by atoms with van der Waals surface area (Å²) in [6, 6.07) is 17.0. The van der Waals surface area contributed by atoms with Crippen LogP contribution in [0.4, 0.5) is 5.13 Å². The van der Waals surface area contributed by atoms with E-state index in [0.29, 0.717) is 38.3 Å². The number of thioether (sulfide) groups is 1. The highest BCUT2D eigenvalue weighted by atomic mass is 35.5. The maximum Gasteiger partial charge on any atom is 0.236 e. The molecule has 0 bridgehead atoms. The molecule has 0 aliphatic carbocycles. The van der Waals surface area contributed by atoms with E-state index >= 15 is 0 Å². The zero-order valence-corrected chi connectivity index (χ0v) is 22.1. The van der Waals surface area contributed by atoms with Gasteiger partial charge in [0.25, 0.3) is 0 Å². The minimum Gasteiger partial charge on any atom is -0.461 e. The predicted octanol–water partition coefficient (Wildman–Crippen LogP) is 6.92. The fraction of sp³-hybridized carbons (Fsp3) is 0.120. The van der Waals surface area contributed by atoms with Gasteiger partial charge in [0.1, 0.15) is 0 Å². The summed E-state index contributed by atoms with van der Waals surface area (Å²) < 4.78 is 7.43. The van der Waals surface area contributed by atoms with Crippen molar-refractivity contribution in [3.63, 3.8) is 0 Å². The molecule has 11 heteroatoms. The molecular formula is C25H19Cl2N5O2S2. The van der Waals surface area contributed by atoms with E-state index in [-0.39, 0.29) is 11.7 Å². The van der Waals surface area contributed by atoms with Gasteiger partial charge in [0.05, 0.1) is 12.0 Å². The van der Waals surface area contributed by atoms with Gasteiger partial charge in [-0.3, -0.25) is 9.36 Å². The van der Waals surface area contributed by atoms with Crippen molar-refractivity contribution in [3.8, 4) is 17.3 Å². The highest BCUT2D eigenvalue weighted by Gasteiger charge is 2.19. The topological polar surface area (TPSA) is 85.8 Å². The molecule has 1 N–H and O–H groups in total. The van der Waals surface area contributed by atoms with E-state index < -0.39 is 0 Å². The lowest BCUT2D eigenvalue weighted by atomic mass is 10.1. The van der Waals surface area contributed by atoms with Crippen LogP contribution in [0.15, 0.2) is 76.6 Å². The molecule has 0 unspecified atom stereocenters. The Morgan fingerprint density at radius 1 is 1.08 bits per heavy atom. The molecule has 0 radical (unpaired) electrons. The summed E-state index contributed by atoms with van der Waals surface area (Å²) in [6.07, 6.45) is 3.85. The lowest BCUT2D eigenvalue weighted by Crippen LogP contribution is -2.14. The second-order valence-electron chi connectivity index (χ2n) is 7.80. The van der Waals surface area contributed by atoms with Crippen LogP contribution >= 0.6 is 46.3 Å². The Labute approximate surface area is 225 Å². The normalized spacial score (nSPS) is 11.1. The first-order valence-electron chi connectivity index (χ1n) is 10.8. The molecule has 0 aliphatic rings. The van der Waals surface area contributed by atoms with Crippen LogP contribution in [0, 0.1) is 6.92 Å². The monoisotopic (exact) mass is 555 g/mol. The van der Waals surface area contributed by atoms with Crippen LogP contribution in [0.25, 0.3) is 17.3 Å². The molecule has 1 amide bonds. The van der Waals surface area contributed by atoms with Crippen molar-refractivity contribution in [3.05, 3.63) is 93.1 Å². The molecular weight excluding hydrogens is 537 g/mol. The van der Waals surface area contributed by atoms with E-state index in [4.69, 9.17) is 27.6 Å². The van der Waals surface area contributed by atoms with Crippen LogP contribution in [0.3, 0.4) is 0 Å². The first-order valence-corrected chi connectivity index (χ1v) is 13.4. The third kappa shape index (κ3) is 5.49. The number of hydrogen-bond acceptors (Lipinski definition) is 7. The van der Waals surface area contributed by atoms with Crippen LogP contribution in [-0.2, 0) is 11.2 Å². The smallest absolute Gasteiger partial charge is 0.236 e. The number of halogens is 2. The molecule has 7 nitrogen and oxygen atoms in total. The molecule has 0 aliphatic heterocycles. The number of thiazole rings is 1. The molecule has 0 spiro atoms. The van der Waals surface area contributed by atoms with Crippen molar-refractivity contribution in [2.24, 2.45) is 0 Å². The van der Waals surface area contributed by atoms with Crippen LogP contribution in [0.2, 0.25) is 10.0 Å². The lowest BCUT2D eigenvalue weighted by Gasteiger charge is -2.09. The van der Waals surface area contributed by atoms with Gasteiger partial charge >= 0.3 is 0 Å². The summed E-state index contributed by atoms with van der Waals surface area (Å²) in [7, 11) is 0. The number of amides is 1. The quantitative estimate of drug-likeness (QED) is 0.209. The van der Waals surface area contributed by atoms with E-state index in [0.717, 1.165) is 21.7 Å². The highest BCUT2D eigenvalue weighted by Crippen LogP contribution is 2.31. The van der Waals surface area contributed by atoms with Gasteiger partial charge in [0.2, 0.25) is 11.7 Å². The molecule has 3 heterocycles. The average Bonchev–Trinajstić information content (AvgIpc) is 3.62. The molecule has 5 rings (SSSR count). The standard InChI is InChI=1S/C25H19Cl2N5O2S2/c1-15-7-9-16(10-8-15)32-23(21-6-3-11-34-21)30-31-25(32)35-14-22(33)29-24-28-13-17(36-24)12-18-19(26)4-2-5-20(18)27/h2-11,13H,12,14H2,1H3,(H,28,29,33). The molecule has 3 aromatic heterocycles. The first kappa shape index (κ1) is 24.6. The molecule has 0 atom stereocenters. The Hall–Kier alpha value is -3.11. The molecule has 0 fully saturated rings. The number of benzene rings is 2. The van der Waals surface area contributed by atoms with E-state index in [9.17, 15) is 4.79 Å². The number of nitrogens with one attached hydrogen (secondary N) is 1. The minimum atomic E-state index is -0.199. The van der Waals surface area contributed by atoms with Gasteiger partial charge in [0, 0.05) is 33.2 Å². The number of hydrogen-bond donors (Lipinski definition) is 1. The lowest BCUT2D eigenvalue weighted by molar-refractivity contribution is -0.113. The summed E-state index contributed by atoms with van der Waals surface area (Å²) in [4.78, 5) is 18.0. The van der Waals surface area contributed by atoms with Gasteiger partial charge in [-0.1, -0.05) is 58.7 Å². The van der Waals surface area contributed by atoms with E-state index in [1.807, 2.05) is 41.8 Å². The summed E-state index contributed by atoms with van der Waals surface area (Å²) in [5.41, 5.74) is 2.85. The highest BCUT2D eigenvalue weighted by molar-refractivity contribution is 7.99. The molecule has 182 valence electrons. The van der Waals surface area contributed by atoms with Crippen LogP contribution in [0.5, 0.6) is 0 Å². The van der Waals surface area contributed by atoms with Crippen molar-refractivity contribution >= 4 is 57.3 Å². The average molecular weight is 557 g/mol.